The van der Waals surface area contributed by atoms with Crippen LogP contribution in [0.25, 0.3) is 22.0 Å². The van der Waals surface area contributed by atoms with Crippen molar-refractivity contribution >= 4 is 41.8 Å². The lowest BCUT2D eigenvalue weighted by Crippen LogP contribution is -2.27. The van der Waals surface area contributed by atoms with Gasteiger partial charge in [-0.2, -0.15) is 0 Å². The van der Waals surface area contributed by atoms with Crippen molar-refractivity contribution < 1.29 is 13.9 Å². The molecule has 1 amide bonds. The molecule has 9 nitrogen and oxygen atoms in total. The Morgan fingerprint density at radius 2 is 2.11 bits per heavy atom. The number of H-pyrrole nitrogens is 1. The minimum Gasteiger partial charge on any atom is -0.408 e. The third-order valence-corrected chi connectivity index (χ3v) is 8.77. The summed E-state index contributed by atoms with van der Waals surface area (Å²) in [5.41, 5.74) is 3.46. The Hall–Kier alpha value is -3.21. The van der Waals surface area contributed by atoms with Crippen molar-refractivity contribution in [2.24, 2.45) is 0 Å². The van der Waals surface area contributed by atoms with E-state index in [-0.39, 0.29) is 5.91 Å². The van der Waals surface area contributed by atoms with Crippen LogP contribution in [-0.2, 0) is 18.0 Å². The molecular formula is C27H35N5O4Si. The van der Waals surface area contributed by atoms with E-state index >= 15 is 0 Å². The number of likely N-dealkylation sites (tertiary alicyclic amines) is 1. The predicted molar refractivity (Wildman–Crippen MR) is 148 cm³/mol. The average molecular weight is 522 g/mol. The quantitative estimate of drug-likeness (QED) is 0.237. The van der Waals surface area contributed by atoms with Gasteiger partial charge in [0.25, 0.3) is 5.91 Å². The van der Waals surface area contributed by atoms with Crippen molar-refractivity contribution in [3.63, 3.8) is 0 Å². The van der Waals surface area contributed by atoms with Crippen LogP contribution in [0.2, 0.25) is 25.7 Å². The van der Waals surface area contributed by atoms with Crippen molar-refractivity contribution in [3.8, 4) is 0 Å². The third kappa shape index (κ3) is 5.87. The van der Waals surface area contributed by atoms with Crippen molar-refractivity contribution in [1.29, 1.82) is 0 Å². The lowest BCUT2D eigenvalue weighted by atomic mass is 10.2. The van der Waals surface area contributed by atoms with Crippen LogP contribution in [-0.4, -0.2) is 52.6 Å². The standard InChI is InChI=1S/C27H35N5O4Si/c1-18-6-5-9-31(18)16-21-12-20-15-28-25(14-23(20)32(21)17-35-10-11-37(2,3)4)30-26(33)19-7-8-24-22(13-19)29-27(34)36-24/h7-8,12-15,18H,5-6,9-11,16-17H2,1-4H3,(H,29,34)(H,28,30,33)/t18-/m0/s1. The molecule has 0 radical (unpaired) electrons. The largest absolute Gasteiger partial charge is 0.417 e. The Balaban J connectivity index is 1.40. The fourth-order valence-corrected chi connectivity index (χ4v) is 5.57. The van der Waals surface area contributed by atoms with Gasteiger partial charge in [-0.15, -0.1) is 0 Å². The first-order valence-electron chi connectivity index (χ1n) is 12.9. The van der Waals surface area contributed by atoms with Crippen LogP contribution in [0.5, 0.6) is 0 Å². The summed E-state index contributed by atoms with van der Waals surface area (Å²) in [5, 5.41) is 3.91. The number of carbonyl (C=O) groups is 1. The number of aromatic nitrogens is 3. The van der Waals surface area contributed by atoms with Crippen LogP contribution in [0.1, 0.15) is 35.8 Å². The van der Waals surface area contributed by atoms with Gasteiger partial charge in [0.2, 0.25) is 0 Å². The first kappa shape index (κ1) is 25.4. The second-order valence-corrected chi connectivity index (χ2v) is 16.8. The Bertz CT molecular complexity index is 1480. The highest BCUT2D eigenvalue weighted by molar-refractivity contribution is 6.76. The number of rotatable bonds is 9. The number of nitrogens with one attached hydrogen (secondary N) is 2. The lowest BCUT2D eigenvalue weighted by molar-refractivity contribution is 0.0863. The number of ether oxygens (including phenoxy) is 1. The number of pyridine rings is 1. The second-order valence-electron chi connectivity index (χ2n) is 11.2. The zero-order chi connectivity index (χ0) is 26.2. The molecular weight excluding hydrogens is 486 g/mol. The Morgan fingerprint density at radius 1 is 1.27 bits per heavy atom. The van der Waals surface area contributed by atoms with Gasteiger partial charge in [-0.3, -0.25) is 14.7 Å². The van der Waals surface area contributed by atoms with Gasteiger partial charge in [0, 0.05) is 56.2 Å². The molecule has 1 aliphatic heterocycles. The SMILES string of the molecule is C[C@H]1CCCN1Cc1cc2cnc(NC(=O)c3ccc4oc(=O)[nH]c4c3)cc2n1COCC[Si](C)(C)C. The molecule has 1 aliphatic rings. The average Bonchev–Trinajstić information content (AvgIpc) is 3.51. The molecule has 0 spiro atoms. The maximum Gasteiger partial charge on any atom is 0.417 e. The summed E-state index contributed by atoms with van der Waals surface area (Å²) < 4.78 is 13.4. The molecule has 4 aromatic rings. The lowest BCUT2D eigenvalue weighted by Gasteiger charge is -2.22. The van der Waals surface area contributed by atoms with Gasteiger partial charge in [-0.05, 0) is 56.6 Å². The second kappa shape index (κ2) is 10.3. The first-order valence-corrected chi connectivity index (χ1v) is 16.6. The number of anilines is 1. The third-order valence-electron chi connectivity index (χ3n) is 7.07. The van der Waals surface area contributed by atoms with Crippen molar-refractivity contribution in [2.75, 3.05) is 18.5 Å². The van der Waals surface area contributed by atoms with E-state index in [1.165, 1.54) is 18.5 Å². The normalized spacial score (nSPS) is 16.7. The van der Waals surface area contributed by atoms with Gasteiger partial charge < -0.3 is 19.0 Å². The molecule has 1 aromatic carbocycles. The molecule has 3 aromatic heterocycles. The van der Waals surface area contributed by atoms with Crippen LogP contribution < -0.4 is 11.1 Å². The number of nitrogens with zero attached hydrogens (tertiary/aromatic N) is 3. The van der Waals surface area contributed by atoms with Crippen LogP contribution >= 0.6 is 0 Å². The molecule has 1 saturated heterocycles. The number of aromatic amines is 1. The molecule has 37 heavy (non-hydrogen) atoms. The zero-order valence-corrected chi connectivity index (χ0v) is 23.0. The van der Waals surface area contributed by atoms with E-state index < -0.39 is 13.8 Å². The highest BCUT2D eigenvalue weighted by Crippen LogP contribution is 2.26. The van der Waals surface area contributed by atoms with Gasteiger partial charge in [0.05, 0.1) is 11.0 Å². The monoisotopic (exact) mass is 521 g/mol. The maximum atomic E-state index is 13.0. The summed E-state index contributed by atoms with van der Waals surface area (Å²) in [7, 11) is -1.19. The van der Waals surface area contributed by atoms with E-state index in [1.807, 2.05) is 6.07 Å². The molecule has 5 rings (SSSR count). The minimum atomic E-state index is -1.19. The van der Waals surface area contributed by atoms with Gasteiger partial charge in [-0.25, -0.2) is 9.78 Å². The van der Waals surface area contributed by atoms with E-state index in [0.29, 0.717) is 35.3 Å². The van der Waals surface area contributed by atoms with Crippen LogP contribution in [0.15, 0.2) is 45.7 Å². The summed E-state index contributed by atoms with van der Waals surface area (Å²) in [5.74, 6) is -0.404. The molecule has 196 valence electrons. The Morgan fingerprint density at radius 3 is 2.86 bits per heavy atom. The van der Waals surface area contributed by atoms with E-state index in [0.717, 1.165) is 36.6 Å². The number of amides is 1. The van der Waals surface area contributed by atoms with Gasteiger partial charge in [0.15, 0.2) is 5.58 Å². The molecule has 4 heterocycles. The summed E-state index contributed by atoms with van der Waals surface area (Å²) in [6, 6.07) is 10.6. The van der Waals surface area contributed by atoms with Gasteiger partial charge in [0.1, 0.15) is 12.5 Å². The molecule has 0 unspecified atom stereocenters. The van der Waals surface area contributed by atoms with Crippen LogP contribution in [0, 0.1) is 0 Å². The summed E-state index contributed by atoms with van der Waals surface area (Å²) >= 11 is 0. The number of hydrogen-bond donors (Lipinski definition) is 2. The molecule has 1 fully saturated rings. The molecule has 0 aliphatic carbocycles. The van der Waals surface area contributed by atoms with Gasteiger partial charge in [-0.1, -0.05) is 19.6 Å². The van der Waals surface area contributed by atoms with Crippen molar-refractivity contribution in [1.82, 2.24) is 19.4 Å². The van der Waals surface area contributed by atoms with Crippen molar-refractivity contribution in [2.45, 2.75) is 64.8 Å². The maximum absolute atomic E-state index is 13.0. The molecule has 10 heteroatoms. The summed E-state index contributed by atoms with van der Waals surface area (Å²) in [6.45, 7) is 12.5. The predicted octanol–water partition coefficient (Wildman–Crippen LogP) is 5.02. The summed E-state index contributed by atoms with van der Waals surface area (Å²) in [6.07, 6.45) is 4.25. The van der Waals surface area contributed by atoms with E-state index in [1.54, 1.807) is 24.4 Å². The minimum absolute atomic E-state index is 0.314. The molecule has 2 N–H and O–H groups in total. The highest BCUT2D eigenvalue weighted by Gasteiger charge is 2.23. The van der Waals surface area contributed by atoms with E-state index in [4.69, 9.17) is 9.15 Å². The number of carbonyl (C=O) groups excluding carboxylic acids is 1. The van der Waals surface area contributed by atoms with Crippen LogP contribution in [0.4, 0.5) is 5.82 Å². The fourth-order valence-electron chi connectivity index (χ4n) is 4.82. The number of fused-ring (bicyclic) bond motifs is 2. The molecule has 1 atom stereocenters. The highest BCUT2D eigenvalue weighted by atomic mass is 28.3. The van der Waals surface area contributed by atoms with Gasteiger partial charge >= 0.3 is 5.76 Å². The molecule has 0 bridgehead atoms. The number of hydrogen-bond acceptors (Lipinski definition) is 6. The Labute approximate surface area is 216 Å². The number of benzene rings is 1. The van der Waals surface area contributed by atoms with E-state index in [2.05, 4.69) is 57.4 Å². The smallest absolute Gasteiger partial charge is 0.408 e. The van der Waals surface area contributed by atoms with Crippen molar-refractivity contribution in [3.05, 3.63) is 58.3 Å². The summed E-state index contributed by atoms with van der Waals surface area (Å²) in [4.78, 5) is 34.0. The number of oxazole rings is 1. The topological polar surface area (TPSA) is 105 Å². The molecule has 0 saturated carbocycles. The fraction of sp³-hybridized carbons (Fsp3) is 0.444. The zero-order valence-electron chi connectivity index (χ0n) is 22.0. The van der Waals surface area contributed by atoms with E-state index in [9.17, 15) is 9.59 Å². The van der Waals surface area contributed by atoms with Crippen LogP contribution in [0.3, 0.4) is 0 Å². The first-order chi connectivity index (χ1) is 17.7. The Kier molecular flexibility index (Phi) is 7.06.